The van der Waals surface area contributed by atoms with Crippen molar-refractivity contribution in [3.05, 3.63) is 131 Å². The van der Waals surface area contributed by atoms with Crippen molar-refractivity contribution in [2.75, 3.05) is 13.2 Å². The standard InChI is InChI=1S/C36H35N3O4/c1-25-36(22-9-13-26-11-3-2-4-12-26,37-34(43-25)27-18-20-28(21-19-27)42-24-10-23-40)35(41)39-38-33-31-16-7-5-14-29(31)30-15-6-8-17-32(30)33/h2-9,11-21,25,33,38,40H,10,22-24H2,1H3,(H,39,41)/b13-9+/t25-,36-/m0/s1. The summed E-state index contributed by atoms with van der Waals surface area (Å²) >= 11 is 0. The number of rotatable bonds is 11. The van der Waals surface area contributed by atoms with Gasteiger partial charge in [-0.25, -0.2) is 10.4 Å². The van der Waals surface area contributed by atoms with Gasteiger partial charge in [-0.1, -0.05) is 91.0 Å². The normalized spacial score (nSPS) is 19.0. The molecule has 2 atom stereocenters. The van der Waals surface area contributed by atoms with Gasteiger partial charge in [0, 0.05) is 25.0 Å². The molecule has 0 aromatic heterocycles. The van der Waals surface area contributed by atoms with Gasteiger partial charge in [0.2, 0.25) is 5.90 Å². The fourth-order valence-electron chi connectivity index (χ4n) is 5.68. The molecule has 6 rings (SSSR count). The maximum Gasteiger partial charge on any atom is 0.266 e. The van der Waals surface area contributed by atoms with E-state index in [1.807, 2.05) is 97.9 Å². The highest BCUT2D eigenvalue weighted by Crippen LogP contribution is 2.43. The predicted octanol–water partition coefficient (Wildman–Crippen LogP) is 5.85. The number of nitrogens with one attached hydrogen (secondary N) is 2. The Morgan fingerprint density at radius 1 is 0.930 bits per heavy atom. The Kier molecular flexibility index (Phi) is 8.36. The lowest BCUT2D eigenvalue weighted by Crippen LogP contribution is -2.55. The van der Waals surface area contributed by atoms with E-state index >= 15 is 0 Å². The van der Waals surface area contributed by atoms with Gasteiger partial charge in [-0.3, -0.25) is 10.2 Å². The number of nitrogens with zero attached hydrogens (tertiary/aromatic N) is 1. The fourth-order valence-corrected chi connectivity index (χ4v) is 5.68. The maximum atomic E-state index is 14.1. The van der Waals surface area contributed by atoms with Gasteiger partial charge >= 0.3 is 0 Å². The number of hydrogen-bond acceptors (Lipinski definition) is 6. The van der Waals surface area contributed by atoms with Crippen molar-refractivity contribution in [3.63, 3.8) is 0 Å². The Balaban J connectivity index is 1.26. The van der Waals surface area contributed by atoms with Crippen LogP contribution in [-0.4, -0.2) is 41.8 Å². The van der Waals surface area contributed by atoms with Crippen LogP contribution in [0.25, 0.3) is 17.2 Å². The SMILES string of the molecule is C[C@@H]1OC(c2ccc(OCCCO)cc2)=N[C@]1(C/C=C/c1ccccc1)C(=O)NNC1c2ccccc2-c2ccccc21. The largest absolute Gasteiger partial charge is 0.494 e. The van der Waals surface area contributed by atoms with E-state index in [2.05, 4.69) is 35.1 Å². The zero-order chi connectivity index (χ0) is 29.6. The zero-order valence-electron chi connectivity index (χ0n) is 24.1. The highest BCUT2D eigenvalue weighted by Gasteiger charge is 2.50. The van der Waals surface area contributed by atoms with Crippen molar-refractivity contribution in [2.24, 2.45) is 4.99 Å². The summed E-state index contributed by atoms with van der Waals surface area (Å²) in [5.41, 5.74) is 11.5. The lowest BCUT2D eigenvalue weighted by Gasteiger charge is -2.28. The number of aliphatic imine (C=N–C) groups is 1. The summed E-state index contributed by atoms with van der Waals surface area (Å²) in [5, 5.41) is 9.01. The van der Waals surface area contributed by atoms with Crippen LogP contribution in [0.1, 0.15) is 48.1 Å². The molecule has 2 aliphatic rings. The number of ether oxygens (including phenoxy) is 2. The van der Waals surface area contributed by atoms with Crippen molar-refractivity contribution < 1.29 is 19.4 Å². The molecule has 218 valence electrons. The molecule has 1 aliphatic carbocycles. The summed E-state index contributed by atoms with van der Waals surface area (Å²) in [6.45, 7) is 2.40. The van der Waals surface area contributed by atoms with Crippen LogP contribution in [0.4, 0.5) is 0 Å². The lowest BCUT2D eigenvalue weighted by molar-refractivity contribution is -0.129. The Morgan fingerprint density at radius 2 is 1.58 bits per heavy atom. The van der Waals surface area contributed by atoms with Crippen LogP contribution in [0.5, 0.6) is 5.75 Å². The molecule has 4 aromatic carbocycles. The molecule has 1 aliphatic heterocycles. The molecule has 0 saturated carbocycles. The Hall–Kier alpha value is -4.72. The van der Waals surface area contributed by atoms with E-state index in [0.717, 1.165) is 33.4 Å². The molecule has 1 heterocycles. The summed E-state index contributed by atoms with van der Waals surface area (Å²) in [6.07, 6.45) is 4.38. The van der Waals surface area contributed by atoms with Crippen molar-refractivity contribution in [3.8, 4) is 16.9 Å². The van der Waals surface area contributed by atoms with Crippen molar-refractivity contribution >= 4 is 17.9 Å². The maximum absolute atomic E-state index is 14.1. The molecule has 43 heavy (non-hydrogen) atoms. The van der Waals surface area contributed by atoms with Gasteiger partial charge in [-0.2, -0.15) is 0 Å². The first kappa shape index (κ1) is 28.4. The van der Waals surface area contributed by atoms with Crippen LogP contribution < -0.4 is 15.6 Å². The second kappa shape index (κ2) is 12.7. The van der Waals surface area contributed by atoms with Crippen LogP contribution in [0, 0.1) is 0 Å². The molecule has 0 radical (unpaired) electrons. The van der Waals surface area contributed by atoms with E-state index in [-0.39, 0.29) is 18.6 Å². The Labute approximate surface area is 251 Å². The van der Waals surface area contributed by atoms with Crippen molar-refractivity contribution in [1.29, 1.82) is 0 Å². The van der Waals surface area contributed by atoms with Crippen LogP contribution in [0.15, 0.2) is 114 Å². The summed E-state index contributed by atoms with van der Waals surface area (Å²) < 4.78 is 11.9. The molecule has 3 N–H and O–H groups in total. The molecule has 0 unspecified atom stereocenters. The molecule has 0 fully saturated rings. The Bertz CT molecular complexity index is 1590. The number of fused-ring (bicyclic) bond motifs is 3. The molecular formula is C36H35N3O4. The number of amides is 1. The highest BCUT2D eigenvalue weighted by atomic mass is 16.5. The summed E-state index contributed by atoms with van der Waals surface area (Å²) in [4.78, 5) is 19.1. The third-order valence-electron chi connectivity index (χ3n) is 8.03. The first-order valence-electron chi connectivity index (χ1n) is 14.7. The molecule has 4 aromatic rings. The second-order valence-corrected chi connectivity index (χ2v) is 10.8. The smallest absolute Gasteiger partial charge is 0.266 e. The van der Waals surface area contributed by atoms with E-state index in [4.69, 9.17) is 19.6 Å². The number of carbonyl (C=O) groups excluding carboxylic acids is 1. The van der Waals surface area contributed by atoms with Crippen LogP contribution in [0.3, 0.4) is 0 Å². The van der Waals surface area contributed by atoms with Gasteiger partial charge in [-0.05, 0) is 59.0 Å². The van der Waals surface area contributed by atoms with Gasteiger partial charge < -0.3 is 14.6 Å². The number of benzene rings is 4. The van der Waals surface area contributed by atoms with Gasteiger partial charge in [-0.15, -0.1) is 0 Å². The van der Waals surface area contributed by atoms with Crippen molar-refractivity contribution in [2.45, 2.75) is 37.5 Å². The zero-order valence-corrected chi connectivity index (χ0v) is 24.1. The van der Waals surface area contributed by atoms with Gasteiger partial charge in [0.05, 0.1) is 12.6 Å². The Morgan fingerprint density at radius 3 is 2.26 bits per heavy atom. The summed E-state index contributed by atoms with van der Waals surface area (Å²) in [7, 11) is 0. The van der Waals surface area contributed by atoms with E-state index in [0.29, 0.717) is 31.1 Å². The quantitative estimate of drug-likeness (QED) is 0.155. The van der Waals surface area contributed by atoms with E-state index in [9.17, 15) is 4.79 Å². The second-order valence-electron chi connectivity index (χ2n) is 10.8. The van der Waals surface area contributed by atoms with Crippen LogP contribution >= 0.6 is 0 Å². The molecule has 0 saturated heterocycles. The van der Waals surface area contributed by atoms with Gasteiger partial charge in [0.1, 0.15) is 11.9 Å². The minimum Gasteiger partial charge on any atom is -0.494 e. The summed E-state index contributed by atoms with van der Waals surface area (Å²) in [6, 6.07) is 33.7. The van der Waals surface area contributed by atoms with E-state index < -0.39 is 11.6 Å². The number of aliphatic hydroxyl groups excluding tert-OH is 1. The predicted molar refractivity (Wildman–Crippen MR) is 169 cm³/mol. The van der Waals surface area contributed by atoms with E-state index in [1.54, 1.807) is 0 Å². The third kappa shape index (κ3) is 5.82. The first-order valence-corrected chi connectivity index (χ1v) is 14.7. The van der Waals surface area contributed by atoms with Gasteiger partial charge in [0.25, 0.3) is 5.91 Å². The average molecular weight is 574 g/mol. The number of hydrogen-bond donors (Lipinski definition) is 3. The topological polar surface area (TPSA) is 92.2 Å². The molecule has 7 heteroatoms. The fraction of sp³-hybridized carbons (Fsp3) is 0.222. The molecule has 7 nitrogen and oxygen atoms in total. The number of aliphatic hydroxyl groups is 1. The molecule has 0 bridgehead atoms. The first-order chi connectivity index (χ1) is 21.1. The van der Waals surface area contributed by atoms with Crippen LogP contribution in [-0.2, 0) is 9.53 Å². The molecule has 1 amide bonds. The van der Waals surface area contributed by atoms with E-state index in [1.165, 1.54) is 0 Å². The molecular weight excluding hydrogens is 538 g/mol. The average Bonchev–Trinajstić information content (AvgIpc) is 3.56. The number of carbonyl (C=O) groups is 1. The number of hydrazine groups is 1. The summed E-state index contributed by atoms with van der Waals surface area (Å²) in [5.74, 6) is 0.840. The molecule has 0 spiro atoms. The van der Waals surface area contributed by atoms with Crippen LogP contribution in [0.2, 0.25) is 0 Å². The third-order valence-corrected chi connectivity index (χ3v) is 8.03. The lowest BCUT2D eigenvalue weighted by atomic mass is 9.89. The monoisotopic (exact) mass is 573 g/mol. The minimum absolute atomic E-state index is 0.0815. The van der Waals surface area contributed by atoms with Crippen molar-refractivity contribution in [1.82, 2.24) is 10.9 Å². The minimum atomic E-state index is -1.19. The highest BCUT2D eigenvalue weighted by molar-refractivity contribution is 6.00. The van der Waals surface area contributed by atoms with Gasteiger partial charge in [0.15, 0.2) is 5.54 Å².